The largest absolute Gasteiger partial charge is 0.409 e. The molecular weight excluding hydrogens is 286 g/mol. The maximum atomic E-state index is 8.75. The third kappa shape index (κ3) is 2.95. The maximum Gasteiger partial charge on any atom is 0.171 e. The summed E-state index contributed by atoms with van der Waals surface area (Å²) in [5.74, 6) is 1.80. The molecule has 4 nitrogen and oxygen atoms in total. The van der Waals surface area contributed by atoms with E-state index in [-0.39, 0.29) is 5.84 Å². The number of nitrogens with two attached hydrogens (primary N) is 1. The first-order chi connectivity index (χ1) is 10.2. The molecule has 2 fully saturated rings. The van der Waals surface area contributed by atoms with Gasteiger partial charge in [0.05, 0.1) is 5.02 Å². The van der Waals surface area contributed by atoms with Crippen LogP contribution in [0.15, 0.2) is 23.4 Å². The van der Waals surface area contributed by atoms with Crippen molar-refractivity contribution in [2.45, 2.75) is 32.1 Å². The predicted molar refractivity (Wildman–Crippen MR) is 86.2 cm³/mol. The number of rotatable bonds is 2. The van der Waals surface area contributed by atoms with Crippen LogP contribution in [0.2, 0.25) is 5.02 Å². The van der Waals surface area contributed by atoms with Crippen LogP contribution in [0.5, 0.6) is 0 Å². The van der Waals surface area contributed by atoms with Crippen molar-refractivity contribution in [1.29, 1.82) is 0 Å². The van der Waals surface area contributed by atoms with Gasteiger partial charge in [-0.1, -0.05) is 36.0 Å². The van der Waals surface area contributed by atoms with Crippen LogP contribution in [-0.2, 0) is 0 Å². The Morgan fingerprint density at radius 2 is 2.00 bits per heavy atom. The van der Waals surface area contributed by atoms with E-state index in [1.54, 1.807) is 0 Å². The zero-order valence-corrected chi connectivity index (χ0v) is 12.9. The van der Waals surface area contributed by atoms with Gasteiger partial charge in [-0.15, -0.1) is 0 Å². The number of nitrogens with zero attached hydrogens (tertiary/aromatic N) is 2. The lowest BCUT2D eigenvalue weighted by Gasteiger charge is -2.42. The summed E-state index contributed by atoms with van der Waals surface area (Å²) < 4.78 is 0. The second-order valence-corrected chi connectivity index (χ2v) is 6.60. The molecule has 5 heteroatoms. The standard InChI is InChI=1S/C16H22ClN3O/c17-15-9-13(5-6-14(15)16(18)19-21)20-8-7-11-3-1-2-4-12(11)10-20/h5-6,9,11-12,21H,1-4,7-8,10H2,(H2,18,19). The summed E-state index contributed by atoms with van der Waals surface area (Å²) in [5, 5.41) is 12.3. The summed E-state index contributed by atoms with van der Waals surface area (Å²) in [6, 6.07) is 5.78. The highest BCUT2D eigenvalue weighted by molar-refractivity contribution is 6.34. The molecule has 1 saturated heterocycles. The molecule has 3 N–H and O–H groups in total. The quantitative estimate of drug-likeness (QED) is 0.381. The lowest BCUT2D eigenvalue weighted by molar-refractivity contribution is 0.202. The SMILES string of the molecule is NC(=NO)c1ccc(N2CCC3CCCCC3C2)cc1Cl. The monoisotopic (exact) mass is 307 g/mol. The van der Waals surface area contributed by atoms with Crippen LogP contribution in [0.4, 0.5) is 5.69 Å². The fourth-order valence-corrected chi connectivity index (χ4v) is 4.07. The Balaban J connectivity index is 1.76. The average molecular weight is 308 g/mol. The van der Waals surface area contributed by atoms with Gasteiger partial charge in [-0.2, -0.15) is 0 Å². The van der Waals surface area contributed by atoms with E-state index in [4.69, 9.17) is 22.5 Å². The molecule has 1 aromatic rings. The van der Waals surface area contributed by atoms with Gasteiger partial charge >= 0.3 is 0 Å². The van der Waals surface area contributed by atoms with Crippen molar-refractivity contribution >= 4 is 23.1 Å². The number of benzene rings is 1. The van der Waals surface area contributed by atoms with Crippen LogP contribution < -0.4 is 10.6 Å². The first-order valence-corrected chi connectivity index (χ1v) is 8.09. The molecular formula is C16H22ClN3O. The Morgan fingerprint density at radius 3 is 2.71 bits per heavy atom. The molecule has 0 spiro atoms. The lowest BCUT2D eigenvalue weighted by atomic mass is 9.75. The lowest BCUT2D eigenvalue weighted by Crippen LogP contribution is -2.41. The molecule has 0 aromatic heterocycles. The van der Waals surface area contributed by atoms with Crippen molar-refractivity contribution in [2.24, 2.45) is 22.7 Å². The molecule has 1 aliphatic heterocycles. The number of oxime groups is 1. The summed E-state index contributed by atoms with van der Waals surface area (Å²) in [5.41, 5.74) is 7.33. The third-order valence-electron chi connectivity index (χ3n) is 4.99. The molecule has 3 rings (SSSR count). The van der Waals surface area contributed by atoms with Crippen LogP contribution in [-0.4, -0.2) is 24.1 Å². The van der Waals surface area contributed by atoms with Gasteiger partial charge in [-0.3, -0.25) is 0 Å². The van der Waals surface area contributed by atoms with Crippen LogP contribution in [0.3, 0.4) is 0 Å². The van der Waals surface area contributed by atoms with E-state index in [1.165, 1.54) is 32.1 Å². The van der Waals surface area contributed by atoms with Crippen LogP contribution in [0, 0.1) is 11.8 Å². The molecule has 1 saturated carbocycles. The highest BCUT2D eigenvalue weighted by Gasteiger charge is 2.31. The molecule has 1 aromatic carbocycles. The van der Waals surface area contributed by atoms with Crippen LogP contribution in [0.1, 0.15) is 37.7 Å². The third-order valence-corrected chi connectivity index (χ3v) is 5.31. The van der Waals surface area contributed by atoms with Crippen molar-refractivity contribution in [3.8, 4) is 0 Å². The van der Waals surface area contributed by atoms with E-state index < -0.39 is 0 Å². The summed E-state index contributed by atoms with van der Waals surface area (Å²) in [7, 11) is 0. The van der Waals surface area contributed by atoms with Gasteiger partial charge in [0.1, 0.15) is 0 Å². The predicted octanol–water partition coefficient (Wildman–Crippen LogP) is 3.45. The topological polar surface area (TPSA) is 61.9 Å². The summed E-state index contributed by atoms with van der Waals surface area (Å²) in [4.78, 5) is 2.43. The smallest absolute Gasteiger partial charge is 0.171 e. The van der Waals surface area contributed by atoms with Crippen molar-refractivity contribution in [3.05, 3.63) is 28.8 Å². The first-order valence-electron chi connectivity index (χ1n) is 7.71. The van der Waals surface area contributed by atoms with E-state index in [0.29, 0.717) is 10.6 Å². The number of fused-ring (bicyclic) bond motifs is 1. The van der Waals surface area contributed by atoms with E-state index in [0.717, 1.165) is 30.6 Å². The summed E-state index contributed by atoms with van der Waals surface area (Å²) in [6.07, 6.45) is 6.82. The van der Waals surface area contributed by atoms with Gasteiger partial charge in [0.25, 0.3) is 0 Å². The van der Waals surface area contributed by atoms with Crippen LogP contribution >= 0.6 is 11.6 Å². The number of halogens is 1. The van der Waals surface area contributed by atoms with E-state index in [2.05, 4.69) is 10.1 Å². The van der Waals surface area contributed by atoms with Gasteiger partial charge in [0, 0.05) is 24.3 Å². The number of amidine groups is 1. The Labute approximate surface area is 130 Å². The molecule has 0 bridgehead atoms. The molecule has 0 radical (unpaired) electrons. The number of anilines is 1. The summed E-state index contributed by atoms with van der Waals surface area (Å²) in [6.45, 7) is 2.23. The molecule has 0 amide bonds. The molecule has 1 aliphatic carbocycles. The minimum Gasteiger partial charge on any atom is -0.409 e. The van der Waals surface area contributed by atoms with Crippen molar-refractivity contribution in [1.82, 2.24) is 0 Å². The second-order valence-electron chi connectivity index (χ2n) is 6.19. The minimum absolute atomic E-state index is 0.0533. The van der Waals surface area contributed by atoms with Gasteiger partial charge < -0.3 is 15.8 Å². The Morgan fingerprint density at radius 1 is 1.24 bits per heavy atom. The van der Waals surface area contributed by atoms with Gasteiger partial charge in [0.2, 0.25) is 0 Å². The van der Waals surface area contributed by atoms with Gasteiger partial charge in [0.15, 0.2) is 5.84 Å². The fraction of sp³-hybridized carbons (Fsp3) is 0.562. The number of hydrogen-bond donors (Lipinski definition) is 2. The number of piperidine rings is 1. The average Bonchev–Trinajstić information content (AvgIpc) is 2.53. The van der Waals surface area contributed by atoms with Crippen LogP contribution in [0.25, 0.3) is 0 Å². The van der Waals surface area contributed by atoms with E-state index in [1.807, 2.05) is 18.2 Å². The van der Waals surface area contributed by atoms with Crippen molar-refractivity contribution in [3.63, 3.8) is 0 Å². The number of hydrogen-bond acceptors (Lipinski definition) is 3. The fourth-order valence-electron chi connectivity index (χ4n) is 3.80. The Bertz CT molecular complexity index is 546. The molecule has 1 heterocycles. The van der Waals surface area contributed by atoms with E-state index in [9.17, 15) is 0 Å². The molecule has 114 valence electrons. The van der Waals surface area contributed by atoms with Gasteiger partial charge in [-0.25, -0.2) is 0 Å². The van der Waals surface area contributed by atoms with Gasteiger partial charge in [-0.05, 0) is 42.9 Å². The Hall–Kier alpha value is -1.42. The minimum atomic E-state index is 0.0533. The molecule has 2 unspecified atom stereocenters. The second kappa shape index (κ2) is 6.14. The summed E-state index contributed by atoms with van der Waals surface area (Å²) >= 11 is 6.26. The Kier molecular flexibility index (Phi) is 4.24. The zero-order valence-electron chi connectivity index (χ0n) is 12.1. The normalized spacial score (nSPS) is 26.5. The van der Waals surface area contributed by atoms with E-state index >= 15 is 0 Å². The highest BCUT2D eigenvalue weighted by atomic mass is 35.5. The maximum absolute atomic E-state index is 8.75. The van der Waals surface area contributed by atoms with Crippen molar-refractivity contribution in [2.75, 3.05) is 18.0 Å². The molecule has 2 aliphatic rings. The molecule has 2 atom stereocenters. The highest BCUT2D eigenvalue weighted by Crippen LogP contribution is 2.38. The first kappa shape index (κ1) is 14.5. The molecule has 21 heavy (non-hydrogen) atoms. The zero-order chi connectivity index (χ0) is 14.8. The van der Waals surface area contributed by atoms with Crippen molar-refractivity contribution < 1.29 is 5.21 Å².